The number of nitrogens with zero attached hydrogens (tertiary/aromatic N) is 4. The molecule has 285 valence electrons. The summed E-state index contributed by atoms with van der Waals surface area (Å²) in [6.45, 7) is 9.03. The Morgan fingerprint density at radius 2 is 1.38 bits per heavy atom. The minimum absolute atomic E-state index is 0. The average Bonchev–Trinajstić information content (AvgIpc) is 3.84. The first-order valence-electron chi connectivity index (χ1n) is 19.2. The van der Waals surface area contributed by atoms with Gasteiger partial charge in [0.05, 0.1) is 36.2 Å². The summed E-state index contributed by atoms with van der Waals surface area (Å²) in [6, 6.07) is 60.7. The van der Waals surface area contributed by atoms with Crippen molar-refractivity contribution in [2.75, 3.05) is 0 Å². The largest absolute Gasteiger partial charge is 0.501 e. The molecule has 10 aromatic rings. The molecule has 0 saturated heterocycles. The van der Waals surface area contributed by atoms with Gasteiger partial charge in [-0.25, -0.2) is 0 Å². The van der Waals surface area contributed by atoms with E-state index < -0.39 is 8.07 Å². The van der Waals surface area contributed by atoms with Crippen molar-refractivity contribution >= 4 is 46.2 Å². The normalized spacial score (nSPS) is 11.3. The maximum Gasteiger partial charge on any atom is 0.120 e. The predicted molar refractivity (Wildman–Crippen MR) is 238 cm³/mol. The summed E-state index contributed by atoms with van der Waals surface area (Å²) in [5.41, 5.74) is 12.8. The predicted octanol–water partition coefficient (Wildman–Crippen LogP) is 12.5. The number of hydrogen-bond donors (Lipinski definition) is 0. The Morgan fingerprint density at radius 3 is 2.10 bits per heavy atom. The van der Waals surface area contributed by atoms with Gasteiger partial charge in [-0.2, -0.15) is 0 Å². The van der Waals surface area contributed by atoms with E-state index in [2.05, 4.69) is 137 Å². The summed E-state index contributed by atoms with van der Waals surface area (Å²) < 4.78 is 8.68. The van der Waals surface area contributed by atoms with Crippen molar-refractivity contribution in [3.63, 3.8) is 0 Å². The number of aromatic nitrogens is 4. The molecule has 0 aliphatic rings. The van der Waals surface area contributed by atoms with Crippen molar-refractivity contribution in [2.24, 2.45) is 0 Å². The maximum absolute atomic E-state index is 6.45. The van der Waals surface area contributed by atoms with Gasteiger partial charge in [0.1, 0.15) is 5.58 Å². The van der Waals surface area contributed by atoms with Gasteiger partial charge in [-0.1, -0.05) is 128 Å². The summed E-state index contributed by atoms with van der Waals surface area (Å²) in [6.07, 6.45) is 3.84. The molecule has 0 spiro atoms. The average molecular weight is 945 g/mol. The molecule has 0 aliphatic carbocycles. The van der Waals surface area contributed by atoms with Crippen LogP contribution in [0.1, 0.15) is 5.69 Å². The fourth-order valence-corrected chi connectivity index (χ4v) is 8.42. The van der Waals surface area contributed by atoms with Crippen LogP contribution in [-0.2, 0) is 20.1 Å². The first-order chi connectivity index (χ1) is 27.8. The van der Waals surface area contributed by atoms with Crippen molar-refractivity contribution in [1.82, 2.24) is 19.5 Å². The minimum atomic E-state index is -1.23. The Bertz CT molecular complexity index is 2990. The zero-order valence-electron chi connectivity index (χ0n) is 32.7. The number of para-hydroxylation sites is 1. The molecule has 0 fully saturated rings. The molecule has 5 nitrogen and oxygen atoms in total. The summed E-state index contributed by atoms with van der Waals surface area (Å²) in [5, 5.41) is 3.52. The maximum atomic E-state index is 6.45. The number of hydrogen-bond acceptors (Lipinski definition) is 4. The third-order valence-corrected chi connectivity index (χ3v) is 12.4. The molecule has 0 atom stereocenters. The third-order valence-electron chi connectivity index (χ3n) is 10.4. The van der Waals surface area contributed by atoms with Crippen LogP contribution in [-0.4, -0.2) is 27.6 Å². The van der Waals surface area contributed by atoms with Crippen LogP contribution in [0.5, 0.6) is 0 Å². The molecular formula is C51H40IrN4OSi-2. The number of fused-ring (bicyclic) bond motifs is 4. The van der Waals surface area contributed by atoms with Crippen molar-refractivity contribution < 1.29 is 24.5 Å². The summed E-state index contributed by atoms with van der Waals surface area (Å²) >= 11 is 0. The second kappa shape index (κ2) is 16.3. The first-order valence-corrected chi connectivity index (χ1v) is 22.7. The number of furan rings is 1. The molecular weight excluding hydrogens is 905 g/mol. The monoisotopic (exact) mass is 945 g/mol. The van der Waals surface area contributed by atoms with Crippen molar-refractivity contribution in [3.8, 4) is 50.6 Å². The molecule has 7 heteroatoms. The number of aryl methyl sites for hydroxylation is 1. The molecule has 0 N–H and O–H groups in total. The Morgan fingerprint density at radius 1 is 0.638 bits per heavy atom. The molecule has 4 heterocycles. The van der Waals surface area contributed by atoms with E-state index in [1.54, 1.807) is 0 Å². The summed E-state index contributed by atoms with van der Waals surface area (Å²) in [5.74, 6) is 0.769. The quantitative estimate of drug-likeness (QED) is 0.123. The molecule has 1 radical (unpaired) electrons. The van der Waals surface area contributed by atoms with Gasteiger partial charge in [-0.3, -0.25) is 9.97 Å². The molecule has 0 saturated carbocycles. The summed E-state index contributed by atoms with van der Waals surface area (Å²) in [4.78, 5) is 14.4. The molecule has 10 rings (SSSR count). The number of imidazole rings is 1. The van der Waals surface area contributed by atoms with E-state index in [4.69, 9.17) is 9.40 Å². The second-order valence-electron chi connectivity index (χ2n) is 15.2. The molecule has 6 aromatic carbocycles. The minimum Gasteiger partial charge on any atom is -0.501 e. The van der Waals surface area contributed by atoms with Gasteiger partial charge in [0.25, 0.3) is 0 Å². The Labute approximate surface area is 353 Å². The van der Waals surface area contributed by atoms with Crippen LogP contribution in [0.25, 0.3) is 83.6 Å². The molecule has 0 bridgehead atoms. The molecule has 0 amide bonds. The van der Waals surface area contributed by atoms with E-state index in [0.717, 1.165) is 83.7 Å². The smallest absolute Gasteiger partial charge is 0.120 e. The topological polar surface area (TPSA) is 56.7 Å². The summed E-state index contributed by atoms with van der Waals surface area (Å²) in [7, 11) is -1.23. The van der Waals surface area contributed by atoms with E-state index in [-0.39, 0.29) is 20.1 Å². The SMILES string of the molecule is C[Si](C)(C)c1ccc(-c2[c-]cccc2)nc1.Cc1nccc2nc(-c3[c-]ccc4c3oc3ccccc34)n(-c3ccc(-c4ccccc4)cc3-c3ccccc3)c12.[Ir]. The second-order valence-corrected chi connectivity index (χ2v) is 20.2. The van der Waals surface area contributed by atoms with E-state index in [1.165, 1.54) is 10.8 Å². The van der Waals surface area contributed by atoms with Crippen molar-refractivity contribution in [1.29, 1.82) is 0 Å². The van der Waals surface area contributed by atoms with Crippen LogP contribution in [0.2, 0.25) is 19.6 Å². The number of rotatable bonds is 6. The van der Waals surface area contributed by atoms with Gasteiger partial charge in [-0.05, 0) is 58.8 Å². The van der Waals surface area contributed by atoms with Crippen LogP contribution in [0.15, 0.2) is 175 Å². The molecule has 58 heavy (non-hydrogen) atoms. The van der Waals surface area contributed by atoms with Crippen LogP contribution in [0, 0.1) is 19.1 Å². The van der Waals surface area contributed by atoms with Gasteiger partial charge in [-0.15, -0.1) is 54.1 Å². The van der Waals surface area contributed by atoms with E-state index in [9.17, 15) is 0 Å². The van der Waals surface area contributed by atoms with Crippen molar-refractivity contribution in [2.45, 2.75) is 26.6 Å². The van der Waals surface area contributed by atoms with Crippen molar-refractivity contribution in [3.05, 3.63) is 188 Å². The third kappa shape index (κ3) is 7.48. The molecule has 0 aliphatic heterocycles. The van der Waals surface area contributed by atoms with E-state index >= 15 is 0 Å². The van der Waals surface area contributed by atoms with Gasteiger partial charge in [0, 0.05) is 49.1 Å². The Hall–Kier alpha value is -6.24. The van der Waals surface area contributed by atoms with Gasteiger partial charge in [0.2, 0.25) is 0 Å². The number of benzene rings is 6. The molecule has 4 aromatic heterocycles. The zero-order valence-corrected chi connectivity index (χ0v) is 36.1. The Balaban J connectivity index is 0.000000233. The standard InChI is InChI=1S/C37H24N3O.C14H16NSi.Ir/c1-24-35-32(21-22-38-24)39-37(30-17-10-16-29-28-15-8-9-18-34(28)41-36(29)30)40(35)33-20-19-27(25-11-4-2-5-12-25)23-31(33)26-13-6-3-7-14-26;1-16(2,3)13-9-10-14(15-11-13)12-7-5-4-6-8-12;/h2-16,18-23H,1H3;4-7,9-11H,1-3H3;/q2*-1;. The fourth-order valence-electron chi connectivity index (χ4n) is 7.38. The first kappa shape index (κ1) is 38.6. The Kier molecular flexibility index (Phi) is 10.9. The van der Waals surface area contributed by atoms with Gasteiger partial charge >= 0.3 is 0 Å². The number of pyridine rings is 2. The van der Waals surface area contributed by atoms with Crippen LogP contribution in [0.3, 0.4) is 0 Å². The van der Waals surface area contributed by atoms with Gasteiger partial charge in [0.15, 0.2) is 0 Å². The van der Waals surface area contributed by atoms with E-state index in [0.29, 0.717) is 0 Å². The fraction of sp³-hybridized carbons (Fsp3) is 0.0784. The van der Waals surface area contributed by atoms with Crippen LogP contribution >= 0.6 is 0 Å². The van der Waals surface area contributed by atoms with Crippen LogP contribution < -0.4 is 5.19 Å². The van der Waals surface area contributed by atoms with E-state index in [1.807, 2.05) is 86.0 Å². The van der Waals surface area contributed by atoms with Gasteiger partial charge < -0.3 is 14.0 Å². The molecule has 0 unspecified atom stereocenters. The van der Waals surface area contributed by atoms with Crippen LogP contribution in [0.4, 0.5) is 0 Å². The zero-order chi connectivity index (χ0) is 38.9.